The van der Waals surface area contributed by atoms with Crippen molar-refractivity contribution >= 4 is 0 Å². The van der Waals surface area contributed by atoms with Crippen LogP contribution in [-0.4, -0.2) is 62.0 Å². The Bertz CT molecular complexity index is 219. The first-order valence-corrected chi connectivity index (χ1v) is 6.43. The molecule has 0 aromatic heterocycles. The molecule has 16 heavy (non-hydrogen) atoms. The third-order valence-corrected chi connectivity index (χ3v) is 3.83. The van der Waals surface area contributed by atoms with Gasteiger partial charge in [-0.2, -0.15) is 0 Å². The van der Waals surface area contributed by atoms with Crippen LogP contribution in [0.2, 0.25) is 0 Å². The second-order valence-electron chi connectivity index (χ2n) is 5.18. The second-order valence-corrected chi connectivity index (χ2v) is 5.18. The quantitative estimate of drug-likeness (QED) is 0.675. The smallest absolute Gasteiger partial charge is 0.0826 e. The number of hydrogen-bond donors (Lipinski definition) is 2. The molecule has 0 bridgehead atoms. The summed E-state index contributed by atoms with van der Waals surface area (Å²) in [5, 5.41) is 12.6. The Balaban J connectivity index is 1.62. The highest BCUT2D eigenvalue weighted by molar-refractivity contribution is 4.94. The van der Waals surface area contributed by atoms with Gasteiger partial charge in [-0.3, -0.25) is 4.90 Å². The molecule has 94 valence electrons. The molecule has 0 amide bonds. The average molecular weight is 228 g/mol. The molecule has 1 unspecified atom stereocenters. The summed E-state index contributed by atoms with van der Waals surface area (Å²) < 4.78 is 5.71. The largest absolute Gasteiger partial charge is 0.396 e. The van der Waals surface area contributed by atoms with E-state index in [2.05, 4.69) is 17.1 Å². The number of morpholine rings is 1. The van der Waals surface area contributed by atoms with Gasteiger partial charge in [0, 0.05) is 38.2 Å². The standard InChI is InChI=1S/C12H24N2O2/c1-2-14-5-6-16-11(8-14)7-13-9-12(10-15)3-4-12/h11,13,15H,2-10H2,1H3. The van der Waals surface area contributed by atoms with Gasteiger partial charge >= 0.3 is 0 Å². The lowest BCUT2D eigenvalue weighted by Crippen LogP contribution is -2.47. The Morgan fingerprint density at radius 3 is 2.94 bits per heavy atom. The molecule has 1 aliphatic heterocycles. The van der Waals surface area contributed by atoms with Crippen LogP contribution in [0.5, 0.6) is 0 Å². The Labute approximate surface area is 98.0 Å². The molecule has 4 heteroatoms. The van der Waals surface area contributed by atoms with Gasteiger partial charge in [-0.15, -0.1) is 0 Å². The summed E-state index contributed by atoms with van der Waals surface area (Å²) in [5.74, 6) is 0. The lowest BCUT2D eigenvalue weighted by atomic mass is 10.1. The van der Waals surface area contributed by atoms with Crippen LogP contribution in [0.25, 0.3) is 0 Å². The van der Waals surface area contributed by atoms with Crippen LogP contribution in [0, 0.1) is 5.41 Å². The fraction of sp³-hybridized carbons (Fsp3) is 1.00. The molecule has 1 aliphatic carbocycles. The maximum atomic E-state index is 9.19. The van der Waals surface area contributed by atoms with Gasteiger partial charge in [-0.25, -0.2) is 0 Å². The maximum absolute atomic E-state index is 9.19. The first-order chi connectivity index (χ1) is 7.78. The van der Waals surface area contributed by atoms with Crippen molar-refractivity contribution in [2.45, 2.75) is 25.9 Å². The van der Waals surface area contributed by atoms with Gasteiger partial charge in [0.25, 0.3) is 0 Å². The van der Waals surface area contributed by atoms with Crippen LogP contribution in [0.1, 0.15) is 19.8 Å². The van der Waals surface area contributed by atoms with Crippen molar-refractivity contribution in [3.8, 4) is 0 Å². The number of nitrogens with zero attached hydrogens (tertiary/aromatic N) is 1. The van der Waals surface area contributed by atoms with E-state index >= 15 is 0 Å². The van der Waals surface area contributed by atoms with E-state index in [1.165, 1.54) is 12.8 Å². The highest BCUT2D eigenvalue weighted by atomic mass is 16.5. The zero-order valence-corrected chi connectivity index (χ0v) is 10.2. The minimum absolute atomic E-state index is 0.207. The Morgan fingerprint density at radius 1 is 1.50 bits per heavy atom. The molecule has 2 fully saturated rings. The van der Waals surface area contributed by atoms with Crippen LogP contribution in [0.4, 0.5) is 0 Å². The van der Waals surface area contributed by atoms with Crippen LogP contribution in [0.3, 0.4) is 0 Å². The summed E-state index contributed by atoms with van der Waals surface area (Å²) in [6.07, 6.45) is 2.66. The lowest BCUT2D eigenvalue weighted by molar-refractivity contribution is -0.0258. The Kier molecular flexibility index (Phi) is 4.19. The van der Waals surface area contributed by atoms with E-state index in [0.29, 0.717) is 12.7 Å². The predicted octanol–water partition coefficient (Wildman–Crippen LogP) is 0.0692. The normalized spacial score (nSPS) is 29.2. The number of likely N-dealkylation sites (N-methyl/N-ethyl adjacent to an activating group) is 1. The summed E-state index contributed by atoms with van der Waals surface area (Å²) in [5.41, 5.74) is 0.207. The molecule has 0 aromatic rings. The van der Waals surface area contributed by atoms with Crippen molar-refractivity contribution in [3.63, 3.8) is 0 Å². The molecule has 1 saturated carbocycles. The fourth-order valence-electron chi connectivity index (χ4n) is 2.26. The topological polar surface area (TPSA) is 44.7 Å². The third-order valence-electron chi connectivity index (χ3n) is 3.83. The summed E-state index contributed by atoms with van der Waals surface area (Å²) in [6.45, 7) is 8.44. The molecule has 1 heterocycles. The zero-order chi connectivity index (χ0) is 11.4. The Morgan fingerprint density at radius 2 is 2.31 bits per heavy atom. The fourth-order valence-corrected chi connectivity index (χ4v) is 2.26. The van der Waals surface area contributed by atoms with Crippen molar-refractivity contribution in [1.29, 1.82) is 0 Å². The zero-order valence-electron chi connectivity index (χ0n) is 10.2. The number of aliphatic hydroxyl groups excluding tert-OH is 1. The highest BCUT2D eigenvalue weighted by Crippen LogP contribution is 2.44. The molecule has 0 spiro atoms. The summed E-state index contributed by atoms with van der Waals surface area (Å²) >= 11 is 0. The molecule has 2 N–H and O–H groups in total. The summed E-state index contributed by atoms with van der Waals surface area (Å²) in [7, 11) is 0. The van der Waals surface area contributed by atoms with E-state index in [4.69, 9.17) is 4.74 Å². The average Bonchev–Trinajstić information content (AvgIpc) is 3.10. The van der Waals surface area contributed by atoms with Crippen LogP contribution in [0.15, 0.2) is 0 Å². The van der Waals surface area contributed by atoms with Crippen LogP contribution in [-0.2, 0) is 4.74 Å². The molecule has 4 nitrogen and oxygen atoms in total. The second kappa shape index (κ2) is 5.45. The molecular weight excluding hydrogens is 204 g/mol. The summed E-state index contributed by atoms with van der Waals surface area (Å²) in [6, 6.07) is 0. The van der Waals surface area contributed by atoms with Gasteiger partial charge in [-0.1, -0.05) is 6.92 Å². The van der Waals surface area contributed by atoms with Gasteiger partial charge in [0.15, 0.2) is 0 Å². The van der Waals surface area contributed by atoms with E-state index in [0.717, 1.165) is 39.3 Å². The van der Waals surface area contributed by atoms with Gasteiger partial charge in [0.2, 0.25) is 0 Å². The van der Waals surface area contributed by atoms with Crippen LogP contribution >= 0.6 is 0 Å². The minimum atomic E-state index is 0.207. The van der Waals surface area contributed by atoms with Crippen molar-refractivity contribution in [3.05, 3.63) is 0 Å². The van der Waals surface area contributed by atoms with Crippen LogP contribution < -0.4 is 5.32 Å². The van der Waals surface area contributed by atoms with Crippen molar-refractivity contribution in [2.75, 3.05) is 45.9 Å². The minimum Gasteiger partial charge on any atom is -0.396 e. The molecule has 0 radical (unpaired) electrons. The van der Waals surface area contributed by atoms with E-state index in [-0.39, 0.29) is 5.41 Å². The van der Waals surface area contributed by atoms with E-state index in [1.54, 1.807) is 0 Å². The van der Waals surface area contributed by atoms with E-state index < -0.39 is 0 Å². The highest BCUT2D eigenvalue weighted by Gasteiger charge is 2.41. The Hall–Kier alpha value is -0.160. The first-order valence-electron chi connectivity index (χ1n) is 6.43. The number of hydrogen-bond acceptors (Lipinski definition) is 4. The number of rotatable bonds is 6. The number of nitrogens with one attached hydrogen (secondary N) is 1. The number of ether oxygens (including phenoxy) is 1. The van der Waals surface area contributed by atoms with Gasteiger partial charge in [0.05, 0.1) is 12.7 Å². The third kappa shape index (κ3) is 3.17. The molecule has 1 atom stereocenters. The molecule has 0 aromatic carbocycles. The van der Waals surface area contributed by atoms with Gasteiger partial charge < -0.3 is 15.2 Å². The SMILES string of the molecule is CCN1CCOC(CNCC2(CO)CC2)C1. The molecule has 2 aliphatic rings. The first kappa shape index (κ1) is 12.3. The van der Waals surface area contributed by atoms with E-state index in [9.17, 15) is 5.11 Å². The number of aliphatic hydroxyl groups is 1. The predicted molar refractivity (Wildman–Crippen MR) is 63.5 cm³/mol. The molecule has 1 saturated heterocycles. The van der Waals surface area contributed by atoms with Crippen molar-refractivity contribution in [2.24, 2.45) is 5.41 Å². The lowest BCUT2D eigenvalue weighted by Gasteiger charge is -2.32. The monoisotopic (exact) mass is 228 g/mol. The molecular formula is C12H24N2O2. The van der Waals surface area contributed by atoms with E-state index in [1.807, 2.05) is 0 Å². The molecule has 2 rings (SSSR count). The van der Waals surface area contributed by atoms with Crippen molar-refractivity contribution in [1.82, 2.24) is 10.2 Å². The van der Waals surface area contributed by atoms with Gasteiger partial charge in [-0.05, 0) is 19.4 Å². The maximum Gasteiger partial charge on any atom is 0.0826 e. The van der Waals surface area contributed by atoms with Gasteiger partial charge in [0.1, 0.15) is 0 Å². The van der Waals surface area contributed by atoms with Crippen molar-refractivity contribution < 1.29 is 9.84 Å². The summed E-state index contributed by atoms with van der Waals surface area (Å²) in [4.78, 5) is 2.43.